The van der Waals surface area contributed by atoms with Gasteiger partial charge in [0.2, 0.25) is 0 Å². The van der Waals surface area contributed by atoms with Crippen LogP contribution >= 0.6 is 0 Å². The van der Waals surface area contributed by atoms with Crippen LogP contribution in [0.4, 0.5) is 0 Å². The summed E-state index contributed by atoms with van der Waals surface area (Å²) in [5.74, 6) is 1.85. The molecular formula is C37H21N3O. The summed E-state index contributed by atoms with van der Waals surface area (Å²) in [6, 6.07) is 43.8. The molecular weight excluding hydrogens is 502 g/mol. The Morgan fingerprint density at radius 2 is 1.00 bits per heavy atom. The van der Waals surface area contributed by atoms with Gasteiger partial charge in [0.25, 0.3) is 0 Å². The first-order chi connectivity index (χ1) is 20.3. The number of hydrogen-bond donors (Lipinski definition) is 0. The third kappa shape index (κ3) is 3.25. The molecule has 0 radical (unpaired) electrons. The average Bonchev–Trinajstić information content (AvgIpc) is 3.45. The van der Waals surface area contributed by atoms with Crippen molar-refractivity contribution >= 4 is 54.3 Å². The molecule has 190 valence electrons. The number of furan rings is 1. The SMILES string of the molecule is c1ccc(-c2nc(-c3ccccc3)nc(-c3ccc4c5c6ccccc6ccc5c5cccc6oc3c4c65)n2)cc1. The van der Waals surface area contributed by atoms with Gasteiger partial charge < -0.3 is 4.42 Å². The van der Waals surface area contributed by atoms with Crippen LogP contribution < -0.4 is 0 Å². The summed E-state index contributed by atoms with van der Waals surface area (Å²) >= 11 is 0. The Kier molecular flexibility index (Phi) is 4.58. The van der Waals surface area contributed by atoms with E-state index < -0.39 is 0 Å². The predicted octanol–water partition coefficient (Wildman–Crippen LogP) is 9.67. The van der Waals surface area contributed by atoms with Crippen molar-refractivity contribution in [1.82, 2.24) is 15.0 Å². The molecule has 7 aromatic carbocycles. The molecule has 0 bridgehead atoms. The lowest BCUT2D eigenvalue weighted by atomic mass is 9.90. The van der Waals surface area contributed by atoms with Gasteiger partial charge in [-0.05, 0) is 44.5 Å². The lowest BCUT2D eigenvalue weighted by Crippen LogP contribution is -2.00. The number of fused-ring (bicyclic) bond motifs is 5. The van der Waals surface area contributed by atoms with Gasteiger partial charge in [-0.25, -0.2) is 15.0 Å². The van der Waals surface area contributed by atoms with E-state index in [1.165, 1.54) is 32.3 Å². The summed E-state index contributed by atoms with van der Waals surface area (Å²) < 4.78 is 6.67. The first-order valence-corrected chi connectivity index (χ1v) is 13.7. The Balaban J connectivity index is 1.40. The molecule has 0 spiro atoms. The van der Waals surface area contributed by atoms with Crippen LogP contribution in [0.1, 0.15) is 0 Å². The molecule has 2 aromatic heterocycles. The summed E-state index contributed by atoms with van der Waals surface area (Å²) in [6.07, 6.45) is 0. The van der Waals surface area contributed by atoms with Crippen molar-refractivity contribution in [2.45, 2.75) is 0 Å². The third-order valence-electron chi connectivity index (χ3n) is 8.07. The van der Waals surface area contributed by atoms with Gasteiger partial charge >= 0.3 is 0 Å². The van der Waals surface area contributed by atoms with Crippen LogP contribution in [0.15, 0.2) is 132 Å². The van der Waals surface area contributed by atoms with Gasteiger partial charge in [-0.1, -0.05) is 115 Å². The minimum atomic E-state index is 0.591. The molecule has 41 heavy (non-hydrogen) atoms. The van der Waals surface area contributed by atoms with Crippen LogP contribution in [-0.2, 0) is 0 Å². The summed E-state index contributed by atoms with van der Waals surface area (Å²) in [5.41, 5.74) is 4.40. The first kappa shape index (κ1) is 22.2. The fourth-order valence-corrected chi connectivity index (χ4v) is 6.24. The van der Waals surface area contributed by atoms with Crippen molar-refractivity contribution in [2.75, 3.05) is 0 Å². The van der Waals surface area contributed by atoms with E-state index in [4.69, 9.17) is 19.4 Å². The van der Waals surface area contributed by atoms with E-state index in [2.05, 4.69) is 66.7 Å². The lowest BCUT2D eigenvalue weighted by Gasteiger charge is -2.12. The second-order valence-corrected chi connectivity index (χ2v) is 10.4. The number of rotatable bonds is 3. The molecule has 0 fully saturated rings. The average molecular weight is 524 g/mol. The van der Waals surface area contributed by atoms with E-state index in [9.17, 15) is 0 Å². The van der Waals surface area contributed by atoms with Gasteiger partial charge in [0.05, 0.1) is 5.56 Å². The van der Waals surface area contributed by atoms with Crippen molar-refractivity contribution in [3.05, 3.63) is 127 Å². The van der Waals surface area contributed by atoms with E-state index in [0.29, 0.717) is 17.5 Å². The van der Waals surface area contributed by atoms with Gasteiger partial charge in [-0.2, -0.15) is 0 Å². The number of hydrogen-bond acceptors (Lipinski definition) is 4. The second-order valence-electron chi connectivity index (χ2n) is 10.4. The fourth-order valence-electron chi connectivity index (χ4n) is 6.24. The Hall–Kier alpha value is -5.61. The molecule has 9 aromatic rings. The fraction of sp³-hybridized carbons (Fsp3) is 0. The summed E-state index contributed by atoms with van der Waals surface area (Å²) in [5, 5.41) is 9.55. The minimum absolute atomic E-state index is 0.591. The highest BCUT2D eigenvalue weighted by Gasteiger charge is 2.23. The van der Waals surface area contributed by atoms with Gasteiger partial charge in [0, 0.05) is 21.9 Å². The Morgan fingerprint density at radius 1 is 0.390 bits per heavy atom. The van der Waals surface area contributed by atoms with Gasteiger partial charge in [0.15, 0.2) is 17.5 Å². The van der Waals surface area contributed by atoms with E-state index in [0.717, 1.165) is 38.6 Å². The molecule has 0 unspecified atom stereocenters. The lowest BCUT2D eigenvalue weighted by molar-refractivity contribution is 0.670. The van der Waals surface area contributed by atoms with E-state index in [-0.39, 0.29) is 0 Å². The topological polar surface area (TPSA) is 51.8 Å². The number of benzene rings is 7. The third-order valence-corrected chi connectivity index (χ3v) is 8.07. The van der Waals surface area contributed by atoms with Crippen LogP contribution in [0.2, 0.25) is 0 Å². The van der Waals surface area contributed by atoms with Crippen molar-refractivity contribution in [1.29, 1.82) is 0 Å². The molecule has 0 atom stereocenters. The summed E-state index contributed by atoms with van der Waals surface area (Å²) in [7, 11) is 0. The maximum Gasteiger partial charge on any atom is 0.167 e. The molecule has 0 aliphatic rings. The van der Waals surface area contributed by atoms with E-state index in [1.54, 1.807) is 0 Å². The molecule has 0 aliphatic carbocycles. The highest BCUT2D eigenvalue weighted by Crippen LogP contribution is 2.46. The zero-order valence-corrected chi connectivity index (χ0v) is 21.9. The molecule has 0 N–H and O–H groups in total. The highest BCUT2D eigenvalue weighted by molar-refractivity contribution is 6.37. The largest absolute Gasteiger partial charge is 0.455 e. The van der Waals surface area contributed by atoms with Crippen LogP contribution in [-0.4, -0.2) is 15.0 Å². The Labute approximate surface area is 234 Å². The molecule has 0 saturated carbocycles. The molecule has 4 heteroatoms. The van der Waals surface area contributed by atoms with E-state index in [1.807, 2.05) is 60.7 Å². The van der Waals surface area contributed by atoms with Crippen LogP contribution in [0.25, 0.3) is 88.4 Å². The second kappa shape index (κ2) is 8.44. The highest BCUT2D eigenvalue weighted by atomic mass is 16.3. The van der Waals surface area contributed by atoms with Crippen molar-refractivity contribution in [3.63, 3.8) is 0 Å². The Morgan fingerprint density at radius 3 is 1.76 bits per heavy atom. The maximum absolute atomic E-state index is 6.67. The van der Waals surface area contributed by atoms with Gasteiger partial charge in [-0.15, -0.1) is 0 Å². The van der Waals surface area contributed by atoms with Gasteiger partial charge in [0.1, 0.15) is 11.2 Å². The molecule has 4 nitrogen and oxygen atoms in total. The maximum atomic E-state index is 6.67. The zero-order chi connectivity index (χ0) is 26.9. The van der Waals surface area contributed by atoms with Crippen molar-refractivity contribution < 1.29 is 4.42 Å². The zero-order valence-electron chi connectivity index (χ0n) is 21.9. The first-order valence-electron chi connectivity index (χ1n) is 13.7. The number of nitrogens with zero attached hydrogens (tertiary/aromatic N) is 3. The van der Waals surface area contributed by atoms with Gasteiger partial charge in [-0.3, -0.25) is 0 Å². The molecule has 2 heterocycles. The molecule has 0 amide bonds. The normalized spacial score (nSPS) is 11.9. The number of aromatic nitrogens is 3. The Bertz CT molecular complexity index is 2350. The molecule has 0 saturated heterocycles. The standard InChI is InChI=1S/C37H21N3O/c1-3-11-23(12-4-1)35-38-36(24-13-5-2-6-14-24)40-37(39-35)29-21-20-28-31-25-15-8-7-10-22(25)18-19-27(31)26-16-9-17-30-32(26)33(28)34(29)41-30/h1-21H. The van der Waals surface area contributed by atoms with Crippen LogP contribution in [0.5, 0.6) is 0 Å². The summed E-state index contributed by atoms with van der Waals surface area (Å²) in [4.78, 5) is 14.9. The summed E-state index contributed by atoms with van der Waals surface area (Å²) in [6.45, 7) is 0. The molecule has 9 rings (SSSR count). The minimum Gasteiger partial charge on any atom is -0.455 e. The molecule has 0 aliphatic heterocycles. The van der Waals surface area contributed by atoms with Crippen molar-refractivity contribution in [3.8, 4) is 34.2 Å². The van der Waals surface area contributed by atoms with E-state index >= 15 is 0 Å². The van der Waals surface area contributed by atoms with Crippen molar-refractivity contribution in [2.24, 2.45) is 0 Å². The predicted molar refractivity (Wildman–Crippen MR) is 167 cm³/mol. The van der Waals surface area contributed by atoms with Crippen LogP contribution in [0.3, 0.4) is 0 Å². The quantitative estimate of drug-likeness (QED) is 0.216. The van der Waals surface area contributed by atoms with Crippen LogP contribution in [0, 0.1) is 0 Å². The monoisotopic (exact) mass is 523 g/mol. The smallest absolute Gasteiger partial charge is 0.167 e.